The van der Waals surface area contributed by atoms with Crippen molar-refractivity contribution in [3.63, 3.8) is 0 Å². The van der Waals surface area contributed by atoms with Gasteiger partial charge in [0.2, 0.25) is 0 Å². The summed E-state index contributed by atoms with van der Waals surface area (Å²) in [6.45, 7) is 6.06. The van der Waals surface area contributed by atoms with Gasteiger partial charge in [-0.1, -0.05) is 48.5 Å². The Balaban J connectivity index is 1.79. The molecule has 1 N–H and O–H groups in total. The van der Waals surface area contributed by atoms with Gasteiger partial charge in [-0.3, -0.25) is 0 Å². The molecule has 2 atom stereocenters. The van der Waals surface area contributed by atoms with Gasteiger partial charge in [0.15, 0.2) is 0 Å². The van der Waals surface area contributed by atoms with Gasteiger partial charge < -0.3 is 10.1 Å². The topological polar surface area (TPSA) is 21.3 Å². The van der Waals surface area contributed by atoms with Crippen LogP contribution in [0.5, 0.6) is 0 Å². The molecule has 2 aromatic rings. The van der Waals surface area contributed by atoms with Crippen LogP contribution in [0.25, 0.3) is 0 Å². The van der Waals surface area contributed by atoms with Crippen molar-refractivity contribution in [2.45, 2.75) is 26.1 Å². The summed E-state index contributed by atoms with van der Waals surface area (Å²) in [7, 11) is 0. The molecule has 20 heavy (non-hydrogen) atoms. The smallest absolute Gasteiger partial charge is 0.0958 e. The summed E-state index contributed by atoms with van der Waals surface area (Å²) in [6.07, 6.45) is 0.268. The third-order valence-electron chi connectivity index (χ3n) is 4.06. The molecule has 0 amide bonds. The van der Waals surface area contributed by atoms with Crippen LogP contribution in [0.4, 0.5) is 0 Å². The molecular formula is C18H21NO. The molecule has 0 spiro atoms. The van der Waals surface area contributed by atoms with Gasteiger partial charge in [-0.25, -0.2) is 0 Å². The van der Waals surface area contributed by atoms with Crippen molar-refractivity contribution in [1.29, 1.82) is 0 Å². The number of nitrogens with one attached hydrogen (secondary N) is 1. The number of benzene rings is 2. The van der Waals surface area contributed by atoms with Gasteiger partial charge in [-0.2, -0.15) is 0 Å². The van der Waals surface area contributed by atoms with Crippen LogP contribution in [-0.2, 0) is 4.74 Å². The molecule has 0 aliphatic carbocycles. The zero-order valence-corrected chi connectivity index (χ0v) is 12.1. The van der Waals surface area contributed by atoms with Crippen LogP contribution in [0.2, 0.25) is 0 Å². The Morgan fingerprint density at radius 1 is 0.850 bits per heavy atom. The van der Waals surface area contributed by atoms with E-state index >= 15 is 0 Å². The lowest BCUT2D eigenvalue weighted by atomic mass is 10.0. The largest absolute Gasteiger partial charge is 0.363 e. The van der Waals surface area contributed by atoms with E-state index in [1.54, 1.807) is 0 Å². The Morgan fingerprint density at radius 3 is 2.25 bits per heavy atom. The summed E-state index contributed by atoms with van der Waals surface area (Å²) in [4.78, 5) is 0. The number of aryl methyl sites for hydroxylation is 2. The van der Waals surface area contributed by atoms with Gasteiger partial charge in [0, 0.05) is 13.1 Å². The molecule has 1 heterocycles. The van der Waals surface area contributed by atoms with E-state index in [4.69, 9.17) is 4.74 Å². The van der Waals surface area contributed by atoms with Crippen molar-refractivity contribution < 1.29 is 4.74 Å². The Bertz CT molecular complexity index is 579. The fourth-order valence-corrected chi connectivity index (χ4v) is 2.67. The lowest BCUT2D eigenvalue weighted by Gasteiger charge is -2.31. The third-order valence-corrected chi connectivity index (χ3v) is 4.06. The van der Waals surface area contributed by atoms with Gasteiger partial charge in [-0.05, 0) is 36.1 Å². The van der Waals surface area contributed by atoms with E-state index in [2.05, 4.69) is 61.6 Å². The lowest BCUT2D eigenvalue weighted by Crippen LogP contribution is -2.35. The second-order valence-electron chi connectivity index (χ2n) is 5.53. The van der Waals surface area contributed by atoms with Crippen molar-refractivity contribution in [2.24, 2.45) is 0 Å². The minimum atomic E-state index is 0.133. The number of rotatable bonds is 2. The molecule has 2 aromatic carbocycles. The summed E-state index contributed by atoms with van der Waals surface area (Å²) in [5.41, 5.74) is 5.17. The van der Waals surface area contributed by atoms with E-state index < -0.39 is 0 Å². The van der Waals surface area contributed by atoms with Crippen LogP contribution in [-0.4, -0.2) is 13.1 Å². The fraction of sp³-hybridized carbons (Fsp3) is 0.333. The van der Waals surface area contributed by atoms with Crippen molar-refractivity contribution in [1.82, 2.24) is 5.32 Å². The maximum atomic E-state index is 6.29. The molecular weight excluding hydrogens is 246 g/mol. The third kappa shape index (κ3) is 2.77. The predicted octanol–water partition coefficient (Wildman–Crippen LogP) is 3.71. The summed E-state index contributed by atoms with van der Waals surface area (Å²) < 4.78 is 6.29. The van der Waals surface area contributed by atoms with Gasteiger partial charge >= 0.3 is 0 Å². The van der Waals surface area contributed by atoms with Crippen LogP contribution in [0, 0.1) is 13.8 Å². The van der Waals surface area contributed by atoms with Crippen molar-refractivity contribution in [3.05, 3.63) is 70.8 Å². The van der Waals surface area contributed by atoms with E-state index in [-0.39, 0.29) is 12.2 Å². The lowest BCUT2D eigenvalue weighted by molar-refractivity contribution is -0.0406. The second kappa shape index (κ2) is 5.78. The van der Waals surface area contributed by atoms with Gasteiger partial charge in [-0.15, -0.1) is 0 Å². The molecule has 0 saturated carbocycles. The molecule has 1 saturated heterocycles. The van der Waals surface area contributed by atoms with Crippen molar-refractivity contribution in [2.75, 3.05) is 13.1 Å². The molecule has 2 nitrogen and oxygen atoms in total. The molecule has 3 rings (SSSR count). The first kappa shape index (κ1) is 13.3. The Labute approximate surface area is 120 Å². The molecule has 0 aromatic heterocycles. The highest BCUT2D eigenvalue weighted by molar-refractivity contribution is 5.31. The Hall–Kier alpha value is -1.64. The molecule has 2 unspecified atom stereocenters. The van der Waals surface area contributed by atoms with Crippen LogP contribution in [0.15, 0.2) is 48.5 Å². The average molecular weight is 267 g/mol. The van der Waals surface area contributed by atoms with E-state index in [0.29, 0.717) is 0 Å². The van der Waals surface area contributed by atoms with E-state index in [0.717, 1.165) is 13.1 Å². The van der Waals surface area contributed by atoms with E-state index in [1.165, 1.54) is 22.3 Å². The number of morpholine rings is 1. The highest BCUT2D eigenvalue weighted by atomic mass is 16.5. The minimum Gasteiger partial charge on any atom is -0.363 e. The number of ether oxygens (including phenoxy) is 1. The van der Waals surface area contributed by atoms with Crippen LogP contribution in [0.3, 0.4) is 0 Å². The first-order valence-corrected chi connectivity index (χ1v) is 7.22. The molecule has 1 aliphatic rings. The molecule has 0 bridgehead atoms. The van der Waals surface area contributed by atoms with Gasteiger partial charge in [0.1, 0.15) is 0 Å². The average Bonchev–Trinajstić information content (AvgIpc) is 2.51. The van der Waals surface area contributed by atoms with E-state index in [9.17, 15) is 0 Å². The van der Waals surface area contributed by atoms with Crippen molar-refractivity contribution >= 4 is 0 Å². The van der Waals surface area contributed by atoms with E-state index in [1.807, 2.05) is 6.07 Å². The molecule has 104 valence electrons. The summed E-state index contributed by atoms with van der Waals surface area (Å²) in [5.74, 6) is 0. The highest BCUT2D eigenvalue weighted by Crippen LogP contribution is 2.30. The van der Waals surface area contributed by atoms with Gasteiger partial charge in [0.05, 0.1) is 12.2 Å². The van der Waals surface area contributed by atoms with Crippen LogP contribution in [0.1, 0.15) is 34.5 Å². The maximum absolute atomic E-state index is 6.29. The Kier molecular flexibility index (Phi) is 3.86. The summed E-state index contributed by atoms with van der Waals surface area (Å²) >= 11 is 0. The summed E-state index contributed by atoms with van der Waals surface area (Å²) in [6, 6.07) is 17.1. The van der Waals surface area contributed by atoms with Crippen LogP contribution >= 0.6 is 0 Å². The molecule has 1 aliphatic heterocycles. The maximum Gasteiger partial charge on any atom is 0.0958 e. The fourth-order valence-electron chi connectivity index (χ4n) is 2.67. The zero-order valence-electron chi connectivity index (χ0n) is 12.1. The first-order chi connectivity index (χ1) is 9.74. The molecule has 0 radical (unpaired) electrons. The highest BCUT2D eigenvalue weighted by Gasteiger charge is 2.24. The second-order valence-corrected chi connectivity index (χ2v) is 5.53. The van der Waals surface area contributed by atoms with Crippen LogP contribution < -0.4 is 5.32 Å². The van der Waals surface area contributed by atoms with Gasteiger partial charge in [0.25, 0.3) is 0 Å². The number of hydrogen-bond acceptors (Lipinski definition) is 2. The first-order valence-electron chi connectivity index (χ1n) is 7.22. The minimum absolute atomic E-state index is 0.133. The quantitative estimate of drug-likeness (QED) is 0.895. The molecule has 2 heteroatoms. The standard InChI is InChI=1S/C18H21NO/c1-13-8-9-16(10-14(13)2)18-12-19-11-17(20-18)15-6-4-3-5-7-15/h3-10,17-19H,11-12H2,1-2H3. The molecule has 1 fully saturated rings. The monoisotopic (exact) mass is 267 g/mol. The zero-order chi connectivity index (χ0) is 13.9. The Morgan fingerprint density at radius 2 is 1.55 bits per heavy atom. The summed E-state index contributed by atoms with van der Waals surface area (Å²) in [5, 5.41) is 3.49. The van der Waals surface area contributed by atoms with Crippen molar-refractivity contribution in [3.8, 4) is 0 Å². The predicted molar refractivity (Wildman–Crippen MR) is 81.8 cm³/mol. The normalized spacial score (nSPS) is 22.7. The number of hydrogen-bond donors (Lipinski definition) is 1. The SMILES string of the molecule is Cc1ccc(C2CNCC(c3ccccc3)O2)cc1C.